The van der Waals surface area contributed by atoms with Crippen molar-refractivity contribution in [3.05, 3.63) is 32.9 Å². The number of aromatic amines is 2. The Labute approximate surface area is 74.6 Å². The first kappa shape index (κ1) is 9.53. The van der Waals surface area contributed by atoms with Crippen molar-refractivity contribution in [2.45, 2.75) is 0 Å². The Hall–Kier alpha value is -0.468. The van der Waals surface area contributed by atoms with Gasteiger partial charge < -0.3 is 4.98 Å². The van der Waals surface area contributed by atoms with Crippen molar-refractivity contribution in [1.29, 1.82) is 0 Å². The van der Waals surface area contributed by atoms with E-state index in [1.165, 1.54) is 0 Å². The fraction of sp³-hybridized carbons (Fsp3) is 0. The summed E-state index contributed by atoms with van der Waals surface area (Å²) in [7, 11) is 0. The van der Waals surface area contributed by atoms with Crippen LogP contribution in [0.5, 0.6) is 0 Å². The molecule has 0 aliphatic carbocycles. The number of hydrogen-bond acceptors (Lipinski definition) is 2. The van der Waals surface area contributed by atoms with Gasteiger partial charge in [-0.1, -0.05) is 0 Å². The molecule has 2 radical (unpaired) electrons. The predicted molar refractivity (Wildman–Crippen MR) is 36.2 cm³/mol. The summed E-state index contributed by atoms with van der Waals surface area (Å²) in [5.41, 5.74) is -1.71. The topological polar surface area (TPSA) is 65.7 Å². The van der Waals surface area contributed by atoms with Crippen LogP contribution in [0.3, 0.4) is 0 Å². The van der Waals surface area contributed by atoms with Crippen LogP contribution in [-0.4, -0.2) is 37.3 Å². The molecule has 10 heavy (non-hydrogen) atoms. The zero-order valence-electron chi connectivity index (χ0n) is 4.98. The summed E-state index contributed by atoms with van der Waals surface area (Å²) in [6.07, 6.45) is 0.709. The van der Waals surface area contributed by atoms with Crippen molar-refractivity contribution in [3.63, 3.8) is 0 Å². The van der Waals surface area contributed by atoms with Crippen LogP contribution in [-0.2, 0) is 0 Å². The molecule has 0 saturated carbocycles. The monoisotopic (exact) mass is 340 g/mol. The second-order valence-corrected chi connectivity index (χ2v) is 1.42. The molecule has 1 aromatic rings. The Kier molecular flexibility index (Phi) is 3.47. The number of aromatic nitrogens is 2. The number of rotatable bonds is 0. The predicted octanol–water partition coefficient (Wildman–Crippen LogP) is -1.71. The van der Waals surface area contributed by atoms with Gasteiger partial charge in [0, 0.05) is 6.20 Å². The van der Waals surface area contributed by atoms with E-state index in [2.05, 4.69) is 0 Å². The van der Waals surface area contributed by atoms with Gasteiger partial charge >= 0.3 is 33.0 Å². The van der Waals surface area contributed by atoms with Crippen LogP contribution in [0.4, 0.5) is 4.39 Å². The number of hydrogen-bond donors (Lipinski definition) is 2. The number of H-pyrrole nitrogens is 2. The van der Waals surface area contributed by atoms with E-state index < -0.39 is 17.1 Å². The molecule has 0 aromatic carbocycles. The van der Waals surface area contributed by atoms with Gasteiger partial charge in [0.25, 0.3) is 5.56 Å². The average Bonchev–Trinajstić information content (AvgIpc) is 1.80. The molecule has 1 aromatic heterocycles. The quantitative estimate of drug-likeness (QED) is 0.553. The van der Waals surface area contributed by atoms with Crippen LogP contribution in [0.25, 0.3) is 0 Å². The Bertz CT molecular complexity index is 318. The molecule has 0 unspecified atom stereocenters. The third kappa shape index (κ3) is 2.05. The van der Waals surface area contributed by atoms with Crippen LogP contribution in [0.1, 0.15) is 0 Å². The van der Waals surface area contributed by atoms with Gasteiger partial charge in [-0.25, -0.2) is 4.79 Å². The molecule has 1 heterocycles. The van der Waals surface area contributed by atoms with E-state index in [0.29, 0.717) is 6.20 Å². The van der Waals surface area contributed by atoms with Crippen molar-refractivity contribution in [2.24, 2.45) is 0 Å². The van der Waals surface area contributed by atoms with E-state index in [-0.39, 0.29) is 27.3 Å². The van der Waals surface area contributed by atoms with Crippen molar-refractivity contribution >= 4 is 27.3 Å². The van der Waals surface area contributed by atoms with Crippen LogP contribution >= 0.6 is 0 Å². The van der Waals surface area contributed by atoms with Gasteiger partial charge in [-0.3, -0.25) is 9.78 Å². The SMILES string of the molecule is O=c1[nH]cc(F)c(=O)[nH]1.[PbH2]. The Balaban J connectivity index is 0.000000810. The van der Waals surface area contributed by atoms with Crippen molar-refractivity contribution in [3.8, 4) is 0 Å². The second kappa shape index (κ2) is 3.64. The molecular formula is C4H5FN2O2Pb. The normalized spacial score (nSPS) is 8.50. The Morgan fingerprint density at radius 2 is 2.00 bits per heavy atom. The molecule has 0 saturated heterocycles. The van der Waals surface area contributed by atoms with Gasteiger partial charge in [-0.2, -0.15) is 4.39 Å². The fourth-order valence-electron chi connectivity index (χ4n) is 0.393. The van der Waals surface area contributed by atoms with Gasteiger partial charge in [0.05, 0.1) is 0 Å². The van der Waals surface area contributed by atoms with Crippen LogP contribution < -0.4 is 11.2 Å². The molecule has 4 nitrogen and oxygen atoms in total. The fourth-order valence-corrected chi connectivity index (χ4v) is 0.393. The Morgan fingerprint density at radius 3 is 2.40 bits per heavy atom. The second-order valence-electron chi connectivity index (χ2n) is 1.42. The van der Waals surface area contributed by atoms with E-state index in [0.717, 1.165) is 0 Å². The molecule has 2 N–H and O–H groups in total. The van der Waals surface area contributed by atoms with Gasteiger partial charge in [-0.15, -0.1) is 0 Å². The molecule has 0 aliphatic rings. The van der Waals surface area contributed by atoms with E-state index in [1.54, 1.807) is 4.98 Å². The summed E-state index contributed by atoms with van der Waals surface area (Å²) < 4.78 is 12.0. The van der Waals surface area contributed by atoms with Crippen LogP contribution in [0, 0.1) is 5.82 Å². The van der Waals surface area contributed by atoms with Crippen molar-refractivity contribution in [1.82, 2.24) is 9.97 Å². The zero-order chi connectivity index (χ0) is 6.85. The molecule has 6 heteroatoms. The molecule has 0 aliphatic heterocycles. The van der Waals surface area contributed by atoms with Crippen molar-refractivity contribution < 1.29 is 4.39 Å². The molecule has 54 valence electrons. The third-order valence-corrected chi connectivity index (χ3v) is 0.774. The van der Waals surface area contributed by atoms with Crippen molar-refractivity contribution in [2.75, 3.05) is 0 Å². The molecule has 0 amide bonds. The molecule has 0 fully saturated rings. The standard InChI is InChI=1S/C4H3FN2O2.Pb.2H/c5-2-1-6-4(9)7-3(2)8;;;/h1H,(H2,6,7,8,9);;;. The molecule has 1 rings (SSSR count). The maximum absolute atomic E-state index is 12.0. The molecule has 0 atom stereocenters. The Morgan fingerprint density at radius 1 is 1.40 bits per heavy atom. The first-order valence-electron chi connectivity index (χ1n) is 2.17. The van der Waals surface area contributed by atoms with E-state index in [1.807, 2.05) is 4.98 Å². The minimum absolute atomic E-state index is 0. The maximum atomic E-state index is 12.0. The first-order valence-corrected chi connectivity index (χ1v) is 2.17. The minimum atomic E-state index is -1.00. The van der Waals surface area contributed by atoms with E-state index in [4.69, 9.17) is 0 Å². The average molecular weight is 339 g/mol. The van der Waals surface area contributed by atoms with E-state index >= 15 is 0 Å². The molecule has 0 spiro atoms. The summed E-state index contributed by atoms with van der Waals surface area (Å²) in [6, 6.07) is 0. The molecular weight excluding hydrogens is 334 g/mol. The summed E-state index contributed by atoms with van der Waals surface area (Å²) in [5.74, 6) is -0.991. The first-order chi connectivity index (χ1) is 4.20. The third-order valence-electron chi connectivity index (χ3n) is 0.774. The van der Waals surface area contributed by atoms with Gasteiger partial charge in [-0.05, 0) is 0 Å². The summed E-state index contributed by atoms with van der Waals surface area (Å²) in [4.78, 5) is 24.0. The summed E-state index contributed by atoms with van der Waals surface area (Å²) >= 11 is 0. The van der Waals surface area contributed by atoms with Gasteiger partial charge in [0.15, 0.2) is 0 Å². The van der Waals surface area contributed by atoms with Crippen LogP contribution in [0.15, 0.2) is 15.8 Å². The van der Waals surface area contributed by atoms with E-state index in [9.17, 15) is 14.0 Å². The van der Waals surface area contributed by atoms with Gasteiger partial charge in [0.2, 0.25) is 5.82 Å². The zero-order valence-corrected chi connectivity index (χ0v) is 10.5. The number of nitrogens with one attached hydrogen (secondary N) is 2. The summed E-state index contributed by atoms with van der Waals surface area (Å²) in [5, 5.41) is 0. The number of halogens is 1. The van der Waals surface area contributed by atoms with Gasteiger partial charge in [0.1, 0.15) is 0 Å². The molecule has 0 bridgehead atoms. The van der Waals surface area contributed by atoms with Crippen LogP contribution in [0.2, 0.25) is 0 Å². The summed E-state index contributed by atoms with van der Waals surface area (Å²) in [6.45, 7) is 0.